The number of nitrogens with two attached hydrogens (primary N) is 1. The summed E-state index contributed by atoms with van der Waals surface area (Å²) in [4.78, 5) is 8.36. The van der Waals surface area contributed by atoms with Gasteiger partial charge in [0.15, 0.2) is 0 Å². The van der Waals surface area contributed by atoms with Crippen molar-refractivity contribution in [2.75, 3.05) is 0 Å². The molecule has 0 aromatic carbocycles. The first kappa shape index (κ1) is 13.9. The van der Waals surface area contributed by atoms with Crippen LogP contribution in [-0.4, -0.2) is 9.97 Å². The van der Waals surface area contributed by atoms with Crippen LogP contribution in [0.1, 0.15) is 28.6 Å². The molecule has 2 rings (SSSR count). The molecule has 3 N–H and O–H groups in total. The van der Waals surface area contributed by atoms with E-state index in [-0.39, 0.29) is 6.04 Å². The third-order valence-corrected chi connectivity index (χ3v) is 3.33. The van der Waals surface area contributed by atoms with Crippen molar-refractivity contribution in [3.05, 3.63) is 58.1 Å². The van der Waals surface area contributed by atoms with E-state index in [0.29, 0.717) is 11.4 Å². The van der Waals surface area contributed by atoms with Crippen LogP contribution in [0.2, 0.25) is 5.02 Å². The highest BCUT2D eigenvalue weighted by molar-refractivity contribution is 6.31. The molecule has 0 aliphatic heterocycles. The fourth-order valence-electron chi connectivity index (χ4n) is 2.13. The third kappa shape index (κ3) is 3.50. The van der Waals surface area contributed by atoms with Crippen LogP contribution in [0.3, 0.4) is 0 Å². The van der Waals surface area contributed by atoms with Crippen LogP contribution in [0.4, 0.5) is 0 Å². The number of nitrogens with one attached hydrogen (secondary N) is 1. The summed E-state index contributed by atoms with van der Waals surface area (Å²) in [5.41, 5.74) is 6.94. The number of hydrogen-bond acceptors (Lipinski definition) is 4. The maximum atomic E-state index is 6.13. The van der Waals surface area contributed by atoms with Gasteiger partial charge in [-0.2, -0.15) is 0 Å². The van der Waals surface area contributed by atoms with Crippen LogP contribution in [0, 0.1) is 13.8 Å². The summed E-state index contributed by atoms with van der Waals surface area (Å²) in [7, 11) is 0. The van der Waals surface area contributed by atoms with Gasteiger partial charge in [0.05, 0.1) is 11.1 Å². The molecule has 0 bridgehead atoms. The number of pyridine rings is 2. The second-order valence-corrected chi connectivity index (χ2v) is 4.98. The lowest BCUT2D eigenvalue weighted by Gasteiger charge is -2.18. The van der Waals surface area contributed by atoms with Crippen LogP contribution in [0.5, 0.6) is 0 Å². The van der Waals surface area contributed by atoms with E-state index in [1.54, 1.807) is 12.4 Å². The molecule has 2 heterocycles. The van der Waals surface area contributed by atoms with E-state index in [4.69, 9.17) is 17.4 Å². The molecule has 2 aromatic heterocycles. The lowest BCUT2D eigenvalue weighted by atomic mass is 9.99. The highest BCUT2D eigenvalue weighted by Gasteiger charge is 2.13. The predicted molar refractivity (Wildman–Crippen MR) is 76.7 cm³/mol. The van der Waals surface area contributed by atoms with E-state index in [0.717, 1.165) is 22.5 Å². The molecule has 4 nitrogen and oxygen atoms in total. The summed E-state index contributed by atoms with van der Waals surface area (Å²) >= 11 is 6.13. The van der Waals surface area contributed by atoms with Gasteiger partial charge in [-0.3, -0.25) is 21.2 Å². The molecule has 1 unspecified atom stereocenters. The van der Waals surface area contributed by atoms with Gasteiger partial charge in [-0.05, 0) is 49.6 Å². The first-order valence-corrected chi connectivity index (χ1v) is 6.47. The molecular weight excluding hydrogens is 260 g/mol. The van der Waals surface area contributed by atoms with Crippen molar-refractivity contribution in [1.29, 1.82) is 0 Å². The molecule has 19 heavy (non-hydrogen) atoms. The van der Waals surface area contributed by atoms with Crippen LogP contribution in [0.25, 0.3) is 0 Å². The Labute approximate surface area is 118 Å². The van der Waals surface area contributed by atoms with Gasteiger partial charge >= 0.3 is 0 Å². The lowest BCUT2D eigenvalue weighted by molar-refractivity contribution is 0.550. The van der Waals surface area contributed by atoms with Crippen molar-refractivity contribution in [3.63, 3.8) is 0 Å². The van der Waals surface area contributed by atoms with E-state index >= 15 is 0 Å². The Bertz CT molecular complexity index is 551. The van der Waals surface area contributed by atoms with Crippen molar-refractivity contribution in [2.24, 2.45) is 5.84 Å². The Hall–Kier alpha value is -1.49. The first-order chi connectivity index (χ1) is 9.10. The number of hydrazine groups is 1. The zero-order chi connectivity index (χ0) is 13.8. The zero-order valence-corrected chi connectivity index (χ0v) is 11.8. The molecule has 2 aromatic rings. The Morgan fingerprint density at radius 3 is 2.58 bits per heavy atom. The van der Waals surface area contributed by atoms with Gasteiger partial charge in [-0.1, -0.05) is 11.6 Å². The quantitative estimate of drug-likeness (QED) is 0.665. The molecule has 100 valence electrons. The zero-order valence-electron chi connectivity index (χ0n) is 11.0. The number of aromatic nitrogens is 2. The van der Waals surface area contributed by atoms with Gasteiger partial charge in [-0.15, -0.1) is 0 Å². The second-order valence-electron chi connectivity index (χ2n) is 4.57. The average molecular weight is 277 g/mol. The summed E-state index contributed by atoms with van der Waals surface area (Å²) in [6.07, 6.45) is 4.09. The summed E-state index contributed by atoms with van der Waals surface area (Å²) < 4.78 is 0. The maximum Gasteiger partial charge on any atom is 0.0622 e. The topological polar surface area (TPSA) is 63.8 Å². The Morgan fingerprint density at radius 2 is 2.00 bits per heavy atom. The van der Waals surface area contributed by atoms with E-state index in [2.05, 4.69) is 15.4 Å². The minimum Gasteiger partial charge on any atom is -0.271 e. The largest absolute Gasteiger partial charge is 0.271 e. The molecule has 0 radical (unpaired) electrons. The number of rotatable bonds is 4. The van der Waals surface area contributed by atoms with Gasteiger partial charge in [-0.25, -0.2) is 0 Å². The molecule has 0 fully saturated rings. The average Bonchev–Trinajstić information content (AvgIpc) is 2.36. The molecule has 5 heteroatoms. The minimum atomic E-state index is 0.000278. The van der Waals surface area contributed by atoms with Gasteiger partial charge in [0.2, 0.25) is 0 Å². The van der Waals surface area contributed by atoms with Crippen molar-refractivity contribution >= 4 is 11.6 Å². The van der Waals surface area contributed by atoms with Gasteiger partial charge in [0.1, 0.15) is 0 Å². The molecule has 0 saturated heterocycles. The molecular formula is C14H17ClN4. The first-order valence-electron chi connectivity index (χ1n) is 6.10. The summed E-state index contributed by atoms with van der Waals surface area (Å²) in [6.45, 7) is 3.95. The van der Waals surface area contributed by atoms with E-state index < -0.39 is 0 Å². The standard InChI is InChI=1S/C14H17ClN4/c1-9-5-12(6-10(2)18-9)14(19-16)7-11-3-4-17-8-13(11)15/h3-6,8,14,19H,7,16H2,1-2H3. The van der Waals surface area contributed by atoms with Crippen LogP contribution in [-0.2, 0) is 6.42 Å². The van der Waals surface area contributed by atoms with Crippen molar-refractivity contribution < 1.29 is 0 Å². The maximum absolute atomic E-state index is 6.13. The lowest BCUT2D eigenvalue weighted by Crippen LogP contribution is -2.29. The number of halogens is 1. The van der Waals surface area contributed by atoms with Gasteiger partial charge in [0.25, 0.3) is 0 Å². The summed E-state index contributed by atoms with van der Waals surface area (Å²) in [5.74, 6) is 5.67. The fourth-order valence-corrected chi connectivity index (χ4v) is 2.33. The van der Waals surface area contributed by atoms with Crippen molar-refractivity contribution in [3.8, 4) is 0 Å². The van der Waals surface area contributed by atoms with E-state index in [1.807, 2.05) is 32.0 Å². The van der Waals surface area contributed by atoms with Crippen molar-refractivity contribution in [2.45, 2.75) is 26.3 Å². The number of aryl methyl sites for hydroxylation is 2. The molecule has 0 spiro atoms. The van der Waals surface area contributed by atoms with E-state index in [1.165, 1.54) is 0 Å². The molecule has 1 atom stereocenters. The SMILES string of the molecule is Cc1cc(C(Cc2ccncc2Cl)NN)cc(C)n1. The second kappa shape index (κ2) is 6.10. The molecule has 0 saturated carbocycles. The van der Waals surface area contributed by atoms with Crippen molar-refractivity contribution in [1.82, 2.24) is 15.4 Å². The number of hydrogen-bond donors (Lipinski definition) is 2. The van der Waals surface area contributed by atoms with Crippen LogP contribution < -0.4 is 11.3 Å². The minimum absolute atomic E-state index is 0.000278. The highest BCUT2D eigenvalue weighted by atomic mass is 35.5. The Morgan fingerprint density at radius 1 is 1.32 bits per heavy atom. The molecule has 0 aliphatic carbocycles. The van der Waals surface area contributed by atoms with E-state index in [9.17, 15) is 0 Å². The fraction of sp³-hybridized carbons (Fsp3) is 0.286. The molecule has 0 aliphatic rings. The van der Waals surface area contributed by atoms with Gasteiger partial charge < -0.3 is 0 Å². The van der Waals surface area contributed by atoms with Gasteiger partial charge in [0, 0.05) is 23.8 Å². The summed E-state index contributed by atoms with van der Waals surface area (Å²) in [5, 5.41) is 0.658. The predicted octanol–water partition coefficient (Wildman–Crippen LogP) is 2.49. The monoisotopic (exact) mass is 276 g/mol. The Kier molecular flexibility index (Phi) is 4.47. The molecule has 0 amide bonds. The Balaban J connectivity index is 2.28. The highest BCUT2D eigenvalue weighted by Crippen LogP contribution is 2.23. The van der Waals surface area contributed by atoms with Crippen LogP contribution in [0.15, 0.2) is 30.6 Å². The third-order valence-electron chi connectivity index (χ3n) is 2.99. The normalized spacial score (nSPS) is 12.4. The van der Waals surface area contributed by atoms with Crippen LogP contribution >= 0.6 is 11.6 Å². The number of nitrogens with zero attached hydrogens (tertiary/aromatic N) is 2. The summed E-state index contributed by atoms with van der Waals surface area (Å²) in [6, 6.07) is 5.98. The smallest absolute Gasteiger partial charge is 0.0622 e.